The van der Waals surface area contributed by atoms with E-state index in [-0.39, 0.29) is 16.3 Å². The molecule has 144 valence electrons. The predicted octanol–water partition coefficient (Wildman–Crippen LogP) is 4.91. The number of nitro groups is 1. The fourth-order valence-electron chi connectivity index (χ4n) is 2.86. The van der Waals surface area contributed by atoms with Gasteiger partial charge in [-0.15, -0.1) is 0 Å². The molecule has 3 aromatic heterocycles. The summed E-state index contributed by atoms with van der Waals surface area (Å²) in [4.78, 5) is 27.1. The maximum absolute atomic E-state index is 12.3. The fraction of sp³-hybridized carbons (Fsp3) is 0.0476. The van der Waals surface area contributed by atoms with E-state index < -0.39 is 4.92 Å². The van der Waals surface area contributed by atoms with Gasteiger partial charge in [0.2, 0.25) is 0 Å². The summed E-state index contributed by atoms with van der Waals surface area (Å²) >= 11 is 6.37. The summed E-state index contributed by atoms with van der Waals surface area (Å²) in [5.74, 6) is 1.01. The maximum atomic E-state index is 12.3. The first kappa shape index (κ1) is 18.6. The van der Waals surface area contributed by atoms with Gasteiger partial charge in [0.1, 0.15) is 17.2 Å². The molecule has 0 fully saturated rings. The highest BCUT2D eigenvalue weighted by molar-refractivity contribution is 6.51. The molecule has 0 amide bonds. The molecule has 29 heavy (non-hydrogen) atoms. The number of rotatable bonds is 4. The molecule has 4 aromatic rings. The number of fused-ring (bicyclic) bond motifs is 1. The van der Waals surface area contributed by atoms with Crippen molar-refractivity contribution in [1.29, 1.82) is 0 Å². The lowest BCUT2D eigenvalue weighted by Crippen LogP contribution is -2.15. The monoisotopic (exact) mass is 407 g/mol. The Morgan fingerprint density at radius 3 is 2.66 bits per heavy atom. The zero-order chi connectivity index (χ0) is 20.5. The Labute approximate surface area is 169 Å². The van der Waals surface area contributed by atoms with Gasteiger partial charge < -0.3 is 4.42 Å². The molecule has 0 aliphatic carbocycles. The normalized spacial score (nSPS) is 11.7. The van der Waals surface area contributed by atoms with Crippen LogP contribution >= 0.6 is 11.6 Å². The number of non-ortho nitro benzene ring substituents is 1. The summed E-state index contributed by atoms with van der Waals surface area (Å²) in [5, 5.41) is 11.0. The van der Waals surface area contributed by atoms with Crippen LogP contribution in [-0.2, 0) is 0 Å². The van der Waals surface area contributed by atoms with Crippen LogP contribution in [0.5, 0.6) is 0 Å². The molecule has 0 unspecified atom stereocenters. The Bertz CT molecular complexity index is 1320. The number of benzene rings is 1. The van der Waals surface area contributed by atoms with Crippen LogP contribution < -0.4 is 5.56 Å². The second kappa shape index (κ2) is 7.37. The van der Waals surface area contributed by atoms with E-state index in [1.54, 1.807) is 42.6 Å². The molecule has 0 radical (unpaired) electrons. The lowest BCUT2D eigenvalue weighted by atomic mass is 10.1. The molecule has 3 heterocycles. The van der Waals surface area contributed by atoms with Gasteiger partial charge in [0.05, 0.1) is 15.6 Å². The zero-order valence-corrected chi connectivity index (χ0v) is 16.0. The predicted molar refractivity (Wildman–Crippen MR) is 111 cm³/mol. The quantitative estimate of drug-likeness (QED) is 0.354. The van der Waals surface area contributed by atoms with E-state index in [0.717, 1.165) is 5.56 Å². The Morgan fingerprint density at radius 2 is 1.93 bits per heavy atom. The molecule has 0 saturated heterocycles. The van der Waals surface area contributed by atoms with Crippen LogP contribution in [0.4, 0.5) is 5.69 Å². The first-order chi connectivity index (χ1) is 13.9. The fourth-order valence-corrected chi connectivity index (χ4v) is 3.07. The topological polar surface area (TPSA) is 90.7 Å². The third-order valence-electron chi connectivity index (χ3n) is 4.31. The highest BCUT2D eigenvalue weighted by Gasteiger charge is 2.10. The summed E-state index contributed by atoms with van der Waals surface area (Å²) in [6.45, 7) is 1.89. The molecule has 0 spiro atoms. The van der Waals surface area contributed by atoms with Gasteiger partial charge in [-0.25, -0.2) is 4.98 Å². The minimum atomic E-state index is -0.458. The van der Waals surface area contributed by atoms with E-state index in [2.05, 4.69) is 4.98 Å². The SMILES string of the molecule is Cc1ccc2nc(/C(Cl)=C/c3ccc(-c4ccc([N+](=O)[O-])cc4)o3)cc(=O)n2c1. The Hall–Kier alpha value is -3.71. The van der Waals surface area contributed by atoms with Gasteiger partial charge >= 0.3 is 0 Å². The second-order valence-corrected chi connectivity index (χ2v) is 6.82. The molecule has 0 saturated carbocycles. The van der Waals surface area contributed by atoms with Crippen molar-refractivity contribution < 1.29 is 9.34 Å². The molecule has 0 bridgehead atoms. The Morgan fingerprint density at radius 1 is 1.17 bits per heavy atom. The van der Waals surface area contributed by atoms with Crippen molar-refractivity contribution in [3.8, 4) is 11.3 Å². The van der Waals surface area contributed by atoms with Crippen molar-refractivity contribution in [2.45, 2.75) is 6.92 Å². The third-order valence-corrected chi connectivity index (χ3v) is 4.61. The largest absolute Gasteiger partial charge is 0.457 e. The first-order valence-corrected chi connectivity index (χ1v) is 9.01. The molecule has 8 heteroatoms. The van der Waals surface area contributed by atoms with Crippen LogP contribution in [-0.4, -0.2) is 14.3 Å². The number of pyridine rings is 1. The van der Waals surface area contributed by atoms with Gasteiger partial charge in [-0.2, -0.15) is 0 Å². The number of hydrogen-bond donors (Lipinski definition) is 0. The third kappa shape index (κ3) is 3.81. The lowest BCUT2D eigenvalue weighted by molar-refractivity contribution is -0.384. The summed E-state index contributed by atoms with van der Waals surface area (Å²) in [7, 11) is 0. The molecule has 4 rings (SSSR count). The minimum absolute atomic E-state index is 0.00679. The average molecular weight is 408 g/mol. The van der Waals surface area contributed by atoms with Crippen LogP contribution in [0, 0.1) is 17.0 Å². The van der Waals surface area contributed by atoms with Gasteiger partial charge in [-0.3, -0.25) is 19.3 Å². The van der Waals surface area contributed by atoms with Crippen molar-refractivity contribution >= 4 is 34.0 Å². The molecular weight excluding hydrogens is 394 g/mol. The van der Waals surface area contributed by atoms with Gasteiger partial charge in [0, 0.05) is 36.0 Å². The maximum Gasteiger partial charge on any atom is 0.269 e. The number of aromatic nitrogens is 2. The van der Waals surface area contributed by atoms with E-state index in [4.69, 9.17) is 16.0 Å². The number of nitrogens with zero attached hydrogens (tertiary/aromatic N) is 3. The van der Waals surface area contributed by atoms with Gasteiger partial charge in [0.15, 0.2) is 0 Å². The Balaban J connectivity index is 1.65. The number of aryl methyl sites for hydroxylation is 1. The summed E-state index contributed by atoms with van der Waals surface area (Å²) in [6.07, 6.45) is 3.29. The van der Waals surface area contributed by atoms with Crippen LogP contribution in [0.25, 0.3) is 28.1 Å². The van der Waals surface area contributed by atoms with E-state index in [1.165, 1.54) is 22.6 Å². The van der Waals surface area contributed by atoms with Crippen molar-refractivity contribution in [2.75, 3.05) is 0 Å². The number of furan rings is 1. The summed E-state index contributed by atoms with van der Waals surface area (Å²) in [6, 6.07) is 14.5. The highest BCUT2D eigenvalue weighted by Crippen LogP contribution is 2.27. The van der Waals surface area contributed by atoms with E-state index in [0.29, 0.717) is 28.4 Å². The highest BCUT2D eigenvalue weighted by atomic mass is 35.5. The molecule has 7 nitrogen and oxygen atoms in total. The molecular formula is C21H14ClN3O4. The van der Waals surface area contributed by atoms with Gasteiger partial charge in [0.25, 0.3) is 11.2 Å². The van der Waals surface area contributed by atoms with Crippen molar-refractivity contribution in [2.24, 2.45) is 0 Å². The standard InChI is InChI=1S/C21H14ClN3O4/c1-13-2-9-20-23-18(11-21(26)24(20)12-13)17(22)10-16-7-8-19(29-16)14-3-5-15(6-4-14)25(27)28/h2-12H,1H3/b17-10-. The minimum Gasteiger partial charge on any atom is -0.457 e. The first-order valence-electron chi connectivity index (χ1n) is 8.63. The Kier molecular flexibility index (Phi) is 4.74. The average Bonchev–Trinajstić information content (AvgIpc) is 3.17. The summed E-state index contributed by atoms with van der Waals surface area (Å²) in [5.41, 5.74) is 2.26. The molecule has 0 atom stereocenters. The lowest BCUT2D eigenvalue weighted by Gasteiger charge is -2.04. The van der Waals surface area contributed by atoms with Crippen molar-refractivity contribution in [3.63, 3.8) is 0 Å². The molecule has 0 aliphatic heterocycles. The van der Waals surface area contributed by atoms with E-state index in [9.17, 15) is 14.9 Å². The smallest absolute Gasteiger partial charge is 0.269 e. The molecule has 1 aromatic carbocycles. The van der Waals surface area contributed by atoms with Crippen LogP contribution in [0.1, 0.15) is 17.0 Å². The number of hydrogen-bond acceptors (Lipinski definition) is 5. The number of nitro benzene ring substituents is 1. The summed E-state index contributed by atoms with van der Waals surface area (Å²) < 4.78 is 7.21. The van der Waals surface area contributed by atoms with E-state index in [1.807, 2.05) is 13.0 Å². The van der Waals surface area contributed by atoms with Crippen molar-refractivity contribution in [1.82, 2.24) is 9.38 Å². The van der Waals surface area contributed by atoms with Gasteiger partial charge in [-0.1, -0.05) is 17.7 Å². The van der Waals surface area contributed by atoms with Crippen molar-refractivity contribution in [3.05, 3.63) is 98.3 Å². The molecule has 0 N–H and O–H groups in total. The van der Waals surface area contributed by atoms with Crippen LogP contribution in [0.3, 0.4) is 0 Å². The van der Waals surface area contributed by atoms with Gasteiger partial charge in [-0.05, 0) is 42.8 Å². The second-order valence-electron chi connectivity index (χ2n) is 6.41. The molecule has 0 aliphatic rings. The van der Waals surface area contributed by atoms with Crippen LogP contribution in [0.2, 0.25) is 0 Å². The van der Waals surface area contributed by atoms with Crippen LogP contribution in [0.15, 0.2) is 70.0 Å². The van der Waals surface area contributed by atoms with E-state index >= 15 is 0 Å². The number of halogens is 1. The zero-order valence-electron chi connectivity index (χ0n) is 15.2.